The van der Waals surface area contributed by atoms with E-state index in [1.54, 1.807) is 19.9 Å². The third-order valence-electron chi connectivity index (χ3n) is 13.1. The van der Waals surface area contributed by atoms with Crippen LogP contribution in [0, 0.1) is 25.7 Å². The maximum Gasteiger partial charge on any atom is 0.327 e. The van der Waals surface area contributed by atoms with Gasteiger partial charge in [-0.2, -0.15) is 0 Å². The van der Waals surface area contributed by atoms with Gasteiger partial charge in [0.15, 0.2) is 0 Å². The van der Waals surface area contributed by atoms with E-state index in [9.17, 15) is 62.4 Å². The molecule has 0 aliphatic carbocycles. The molecule has 8 amide bonds. The molecule has 25 nitrogen and oxygen atoms in total. The van der Waals surface area contributed by atoms with Gasteiger partial charge in [0, 0.05) is 27.6 Å². The van der Waals surface area contributed by atoms with Gasteiger partial charge in [0.2, 0.25) is 47.3 Å². The number of nitrogens with one attached hydrogen (secondary N) is 10. The van der Waals surface area contributed by atoms with Gasteiger partial charge in [0.25, 0.3) is 0 Å². The Hall–Kier alpha value is -7.36. The molecule has 0 radical (unpaired) electrons. The number of hydrogen-bond acceptors (Lipinski definition) is 14. The summed E-state index contributed by atoms with van der Waals surface area (Å²) in [5, 5.41) is 41.4. The highest BCUT2D eigenvalue weighted by atomic mass is 32.2. The third kappa shape index (κ3) is 16.6. The number of fused-ring (bicyclic) bond motifs is 6. The summed E-state index contributed by atoms with van der Waals surface area (Å²) in [5.74, 6) is -8.81. The van der Waals surface area contributed by atoms with Gasteiger partial charge >= 0.3 is 11.9 Å². The number of carboxylic acids is 2. The monoisotopic (exact) mass is 1110 g/mol. The highest BCUT2D eigenvalue weighted by Gasteiger charge is 2.32. The van der Waals surface area contributed by atoms with Crippen LogP contribution in [0.5, 0.6) is 0 Å². The summed E-state index contributed by atoms with van der Waals surface area (Å²) in [7, 11) is -1.95. The number of benzene rings is 2. The quantitative estimate of drug-likeness (QED) is 0.105. The Morgan fingerprint density at radius 3 is 1.47 bits per heavy atom. The SMILES string of the molecule is CC[C@H](C)[C@@H]1NC(=O)CNC(=O)[C@@H](N)Cc2c([nH]c3cc(C)ccc23)S(=O)C[C@@H](C(=O)O)NC(=O)CNC1=O.CC[C@H](C)[C@@H]1NC(=O)CNC(=O)[C@@H](N)Cc2c([nH]c3cc(C)ccc23)SC[C@@H](C(=O)O)NC(=O)CNC1=O. The van der Waals surface area contributed by atoms with E-state index < -0.39 is 132 Å². The highest BCUT2D eigenvalue weighted by molar-refractivity contribution is 7.99. The number of H-pyrrole nitrogens is 2. The van der Waals surface area contributed by atoms with Crippen molar-refractivity contribution >= 4 is 104 Å². The van der Waals surface area contributed by atoms with Gasteiger partial charge in [-0.3, -0.25) is 42.6 Å². The first-order valence-corrected chi connectivity index (χ1v) is 27.2. The number of carbonyl (C=O) groups excluding carboxylic acids is 8. The van der Waals surface area contributed by atoms with Crippen molar-refractivity contribution in [2.45, 2.75) is 114 Å². The van der Waals surface area contributed by atoms with Crippen LogP contribution in [-0.4, -0.2) is 158 Å². The number of carbonyl (C=O) groups is 10. The summed E-state index contributed by atoms with van der Waals surface area (Å²) in [4.78, 5) is 131. The minimum Gasteiger partial charge on any atom is -0.480 e. The predicted molar refractivity (Wildman–Crippen MR) is 285 cm³/mol. The van der Waals surface area contributed by atoms with Gasteiger partial charge < -0.3 is 74.2 Å². The summed E-state index contributed by atoms with van der Waals surface area (Å²) < 4.78 is 13.4. The van der Waals surface area contributed by atoms with Crippen LogP contribution in [-0.2, 0) is 71.6 Å². The lowest BCUT2D eigenvalue weighted by Crippen LogP contribution is -2.55. The Morgan fingerprint density at radius 1 is 0.610 bits per heavy atom. The van der Waals surface area contributed by atoms with Crippen molar-refractivity contribution in [2.24, 2.45) is 23.3 Å². The maximum absolute atomic E-state index is 13.4. The molecule has 2 aliphatic heterocycles. The second-order valence-corrected chi connectivity index (χ2v) is 21.5. The zero-order valence-corrected chi connectivity index (χ0v) is 45.1. The lowest BCUT2D eigenvalue weighted by Gasteiger charge is -2.24. The Kier molecular flexibility index (Phi) is 21.7. The minimum atomic E-state index is -1.95. The molecule has 418 valence electrons. The average Bonchev–Trinajstić information content (AvgIpc) is 3.98. The van der Waals surface area contributed by atoms with Gasteiger partial charge in [0.05, 0.1) is 59.8 Å². The fourth-order valence-electron chi connectivity index (χ4n) is 8.28. The molecule has 0 saturated heterocycles. The summed E-state index contributed by atoms with van der Waals surface area (Å²) in [6.45, 7) is 9.16. The van der Waals surface area contributed by atoms with Crippen LogP contribution in [0.25, 0.3) is 21.8 Å². The molecule has 4 aromatic rings. The number of aryl methyl sites for hydroxylation is 2. The number of aromatic nitrogens is 2. The molecule has 16 N–H and O–H groups in total. The molecule has 0 bridgehead atoms. The van der Waals surface area contributed by atoms with Crippen LogP contribution in [0.15, 0.2) is 46.5 Å². The van der Waals surface area contributed by atoms with E-state index in [-0.39, 0.29) is 42.0 Å². The Balaban J connectivity index is 0.000000284. The molecular weight excluding hydrogens is 1040 g/mol. The molecule has 2 aromatic carbocycles. The average molecular weight is 1110 g/mol. The number of hydrogen-bond donors (Lipinski definition) is 14. The molecule has 2 aliphatic rings. The van der Waals surface area contributed by atoms with Crippen LogP contribution in [0.2, 0.25) is 0 Å². The standard InChI is InChI=1S/C25H34N6O7S.C25H34N6O6S/c1-4-13(3)21-23(35)28-9-19(32)29-18(25(36)37)11-39(38)24-15(14-6-5-12(2)7-17(14)30-24)8-16(26)22(34)27-10-20(33)31-21;1-4-13(3)21-23(35)28-9-19(32)29-18(25(36)37)11-38-24-15(14-6-5-12(2)7-17(14)30-24)8-16(26)22(34)27-10-20(33)31-21/h5-7,13,16,18,21,30H,4,8-11,26H2,1-3H3,(H,27,34)(H,28,35)(H,29,32)(H,31,33)(H,36,37);5-7,13,16,18,21,30H,4,8-11,26H2,1-3H3,(H,27,34)(H,28,35)(H,29,32)(H,31,33)(H,36,37)/t13-,16-,18-,21-,39?;13-,16-,18-,21-/m00/s1. The van der Waals surface area contributed by atoms with Gasteiger partial charge in [-0.15, -0.1) is 11.8 Å². The van der Waals surface area contributed by atoms with Crippen LogP contribution in [0.3, 0.4) is 0 Å². The van der Waals surface area contributed by atoms with Crippen LogP contribution < -0.4 is 54.0 Å². The van der Waals surface area contributed by atoms with Gasteiger partial charge in [-0.05, 0) is 72.9 Å². The van der Waals surface area contributed by atoms with Crippen LogP contribution >= 0.6 is 11.8 Å². The van der Waals surface area contributed by atoms with E-state index >= 15 is 0 Å². The molecule has 77 heavy (non-hydrogen) atoms. The fraction of sp³-hybridized carbons (Fsp3) is 0.480. The molecule has 27 heteroatoms. The Labute approximate surface area is 449 Å². The molecule has 4 heterocycles. The molecule has 6 rings (SSSR count). The smallest absolute Gasteiger partial charge is 0.327 e. The molecule has 1 unspecified atom stereocenters. The fourth-order valence-corrected chi connectivity index (χ4v) is 10.8. The van der Waals surface area contributed by atoms with Crippen molar-refractivity contribution in [1.82, 2.24) is 52.5 Å². The van der Waals surface area contributed by atoms with Crippen LogP contribution in [0.4, 0.5) is 0 Å². The second kappa shape index (κ2) is 27.6. The lowest BCUT2D eigenvalue weighted by atomic mass is 9.98. The largest absolute Gasteiger partial charge is 0.480 e. The molecule has 9 atom stereocenters. The topological polar surface area (TPSA) is 408 Å². The number of amides is 8. The number of thioether (sulfide) groups is 1. The summed E-state index contributed by atoms with van der Waals surface area (Å²) in [6, 6.07) is 4.35. The molecule has 0 fully saturated rings. The van der Waals surface area contributed by atoms with E-state index in [0.717, 1.165) is 27.6 Å². The van der Waals surface area contributed by atoms with Crippen molar-refractivity contribution in [2.75, 3.05) is 37.7 Å². The van der Waals surface area contributed by atoms with Crippen molar-refractivity contribution in [1.29, 1.82) is 0 Å². The Bertz CT molecular complexity index is 2930. The molecular formula is C50H68N12O13S2. The van der Waals surface area contributed by atoms with Crippen molar-refractivity contribution in [3.8, 4) is 0 Å². The lowest BCUT2D eigenvalue weighted by molar-refractivity contribution is -0.141. The Morgan fingerprint density at radius 2 is 1.01 bits per heavy atom. The number of aromatic amines is 2. The van der Waals surface area contributed by atoms with Gasteiger partial charge in [0.1, 0.15) is 29.2 Å². The maximum atomic E-state index is 13.4. The summed E-state index contributed by atoms with van der Waals surface area (Å²) >= 11 is 1.18. The van der Waals surface area contributed by atoms with Crippen LogP contribution in [0.1, 0.15) is 62.8 Å². The van der Waals surface area contributed by atoms with Gasteiger partial charge in [-0.25, -0.2) is 9.59 Å². The minimum absolute atomic E-state index is 0.0131. The molecule has 0 saturated carbocycles. The number of carboxylic acid groups (broad SMARTS) is 2. The first-order chi connectivity index (χ1) is 36.4. The van der Waals surface area contributed by atoms with Crippen molar-refractivity contribution in [3.05, 3.63) is 58.7 Å². The number of nitrogens with two attached hydrogens (primary N) is 2. The second-order valence-electron chi connectivity index (χ2n) is 19.1. The first kappa shape index (κ1) is 60.5. The third-order valence-corrected chi connectivity index (χ3v) is 15.7. The van der Waals surface area contributed by atoms with E-state index in [0.29, 0.717) is 34.3 Å². The molecule has 2 aromatic heterocycles. The van der Waals surface area contributed by atoms with E-state index in [4.69, 9.17) is 11.5 Å². The van der Waals surface area contributed by atoms with E-state index in [2.05, 4.69) is 52.5 Å². The summed E-state index contributed by atoms with van der Waals surface area (Å²) in [5.41, 5.74) is 16.9. The highest BCUT2D eigenvalue weighted by Crippen LogP contribution is 2.32. The van der Waals surface area contributed by atoms with E-state index in [1.165, 1.54) is 11.8 Å². The zero-order chi connectivity index (χ0) is 56.8. The zero-order valence-electron chi connectivity index (χ0n) is 43.5. The van der Waals surface area contributed by atoms with Gasteiger partial charge in [-0.1, -0.05) is 64.8 Å². The van der Waals surface area contributed by atoms with E-state index in [1.807, 2.05) is 58.0 Å². The predicted octanol–water partition coefficient (Wildman–Crippen LogP) is -1.42. The van der Waals surface area contributed by atoms with Crippen molar-refractivity contribution in [3.63, 3.8) is 0 Å². The molecule has 0 spiro atoms. The number of aliphatic carboxylic acids is 2. The van der Waals surface area contributed by atoms with Crippen molar-refractivity contribution < 1.29 is 62.4 Å². The first-order valence-electron chi connectivity index (χ1n) is 24.9. The normalized spacial score (nSPS) is 24.0. The number of rotatable bonds is 6. The summed E-state index contributed by atoms with van der Waals surface area (Å²) in [6.07, 6.45) is 1.16.